The van der Waals surface area contributed by atoms with Gasteiger partial charge in [-0.3, -0.25) is 0 Å². The van der Waals surface area contributed by atoms with Crippen LogP contribution in [-0.4, -0.2) is 17.7 Å². The van der Waals surface area contributed by atoms with E-state index in [2.05, 4.69) is 17.5 Å². The molecule has 0 fully saturated rings. The third-order valence-electron chi connectivity index (χ3n) is 0.598. The van der Waals surface area contributed by atoms with E-state index in [1.54, 1.807) is 0 Å². The molecule has 0 saturated heterocycles. The normalized spacial score (nSPS) is 12.8. The second-order valence-corrected chi connectivity index (χ2v) is 2.16. The molecule has 1 atom stereocenters. The van der Waals surface area contributed by atoms with Crippen molar-refractivity contribution in [1.82, 2.24) is 5.32 Å². The molecule has 0 aliphatic heterocycles. The maximum absolute atomic E-state index is 5.36. The summed E-state index contributed by atoms with van der Waals surface area (Å²) in [6, 6.07) is 0.108. The van der Waals surface area contributed by atoms with Gasteiger partial charge in [-0.15, -0.1) is 0 Å². The van der Waals surface area contributed by atoms with Crippen LogP contribution < -0.4 is 16.8 Å². The summed E-state index contributed by atoms with van der Waals surface area (Å²) in [6.45, 7) is 2.53. The maximum Gasteiger partial charge on any atom is 0.163 e. The molecule has 0 radical (unpaired) electrons. The first kappa shape index (κ1) is 7.65. The Hall–Kier alpha value is -0.350. The fraction of sp³-hybridized carbons (Fsp3) is 0.750. The van der Waals surface area contributed by atoms with Gasteiger partial charge in [0.25, 0.3) is 0 Å². The molecule has 8 heavy (non-hydrogen) atoms. The average Bonchev–Trinajstić information content (AvgIpc) is 1.61. The quantitative estimate of drug-likeness (QED) is 0.430. The van der Waals surface area contributed by atoms with Crippen molar-refractivity contribution in [2.24, 2.45) is 11.5 Å². The average molecular weight is 133 g/mol. The molecule has 0 rings (SSSR count). The highest BCUT2D eigenvalue weighted by atomic mass is 32.1. The minimum atomic E-state index is 0.108. The molecule has 3 nitrogen and oxygen atoms in total. The van der Waals surface area contributed by atoms with Crippen LogP contribution in [0.25, 0.3) is 0 Å². The summed E-state index contributed by atoms with van der Waals surface area (Å²) in [5, 5.41) is 3.04. The lowest BCUT2D eigenvalue weighted by molar-refractivity contribution is 0.706. The second kappa shape index (κ2) is 3.63. The lowest BCUT2D eigenvalue weighted by atomic mass is 10.4. The van der Waals surface area contributed by atoms with E-state index in [4.69, 9.17) is 11.5 Å². The highest BCUT2D eigenvalue weighted by Gasteiger charge is 1.90. The molecular formula is C4H11N3S. The Labute approximate surface area is 54.4 Å². The van der Waals surface area contributed by atoms with Gasteiger partial charge in [0.05, 0.1) is 0 Å². The molecule has 48 valence electrons. The van der Waals surface area contributed by atoms with E-state index in [-0.39, 0.29) is 6.04 Å². The van der Waals surface area contributed by atoms with Crippen molar-refractivity contribution < 1.29 is 0 Å². The summed E-state index contributed by atoms with van der Waals surface area (Å²) < 4.78 is 0. The molecule has 0 amide bonds. The van der Waals surface area contributed by atoms with Crippen LogP contribution in [0.2, 0.25) is 0 Å². The smallest absolute Gasteiger partial charge is 0.163 e. The molecule has 1 unspecified atom stereocenters. The van der Waals surface area contributed by atoms with Crippen LogP contribution in [-0.2, 0) is 0 Å². The van der Waals surface area contributed by atoms with Crippen molar-refractivity contribution in [2.75, 3.05) is 6.54 Å². The fourth-order valence-electron chi connectivity index (χ4n) is 0.262. The first-order chi connectivity index (χ1) is 3.63. The molecular weight excluding hydrogens is 122 g/mol. The molecule has 0 heterocycles. The fourth-order valence-corrected chi connectivity index (χ4v) is 0.345. The van der Waals surface area contributed by atoms with Crippen LogP contribution >= 0.6 is 12.2 Å². The van der Waals surface area contributed by atoms with Crippen LogP contribution in [0.4, 0.5) is 0 Å². The summed E-state index contributed by atoms with van der Waals surface area (Å²) >= 11 is 4.53. The van der Waals surface area contributed by atoms with Crippen LogP contribution in [0, 0.1) is 0 Å². The van der Waals surface area contributed by atoms with E-state index in [0.29, 0.717) is 11.7 Å². The molecule has 0 bridgehead atoms. The van der Waals surface area contributed by atoms with Gasteiger partial charge in [0.2, 0.25) is 0 Å². The highest BCUT2D eigenvalue weighted by Crippen LogP contribution is 1.67. The van der Waals surface area contributed by atoms with Gasteiger partial charge < -0.3 is 16.8 Å². The molecule has 4 heteroatoms. The zero-order valence-electron chi connectivity index (χ0n) is 4.85. The lowest BCUT2D eigenvalue weighted by Crippen LogP contribution is -2.37. The molecule has 0 spiro atoms. The van der Waals surface area contributed by atoms with Crippen LogP contribution in [0.1, 0.15) is 6.92 Å². The molecule has 0 aliphatic rings. The largest absolute Gasteiger partial charge is 0.376 e. The van der Waals surface area contributed by atoms with E-state index in [0.717, 1.165) is 0 Å². The minimum Gasteiger partial charge on any atom is -0.376 e. The van der Waals surface area contributed by atoms with Crippen LogP contribution in [0.15, 0.2) is 0 Å². The Bertz CT molecular complexity index is 81.4. The third kappa shape index (κ3) is 5.65. The van der Waals surface area contributed by atoms with Crippen LogP contribution in [0.3, 0.4) is 0 Å². The van der Waals surface area contributed by atoms with Crippen molar-refractivity contribution in [1.29, 1.82) is 0 Å². The SMILES string of the molecule is CC(N)CNC(N)=S. The van der Waals surface area contributed by atoms with Crippen molar-refractivity contribution in [2.45, 2.75) is 13.0 Å². The van der Waals surface area contributed by atoms with Gasteiger partial charge in [-0.05, 0) is 19.1 Å². The Morgan fingerprint density at radius 3 is 2.50 bits per heavy atom. The molecule has 0 aromatic rings. The summed E-state index contributed by atoms with van der Waals surface area (Å²) in [5.74, 6) is 0. The molecule has 0 aromatic heterocycles. The number of hydrogen-bond acceptors (Lipinski definition) is 2. The van der Waals surface area contributed by atoms with Gasteiger partial charge in [-0.2, -0.15) is 0 Å². The minimum absolute atomic E-state index is 0.108. The highest BCUT2D eigenvalue weighted by molar-refractivity contribution is 7.80. The summed E-state index contributed by atoms with van der Waals surface area (Å²) in [4.78, 5) is 0. The molecule has 0 aliphatic carbocycles. The van der Waals surface area contributed by atoms with Crippen LogP contribution in [0.5, 0.6) is 0 Å². The third-order valence-corrected chi connectivity index (χ3v) is 0.743. The zero-order chi connectivity index (χ0) is 6.57. The van der Waals surface area contributed by atoms with Gasteiger partial charge in [0, 0.05) is 12.6 Å². The molecule has 0 saturated carbocycles. The van der Waals surface area contributed by atoms with Gasteiger partial charge in [0.1, 0.15) is 0 Å². The topological polar surface area (TPSA) is 64.1 Å². The number of hydrogen-bond donors (Lipinski definition) is 3. The predicted molar refractivity (Wildman–Crippen MR) is 38.4 cm³/mol. The molecule has 0 aromatic carbocycles. The second-order valence-electron chi connectivity index (χ2n) is 1.72. The number of rotatable bonds is 2. The first-order valence-corrected chi connectivity index (χ1v) is 2.82. The number of thiocarbonyl (C=S) groups is 1. The van der Waals surface area contributed by atoms with Crippen molar-refractivity contribution in [3.63, 3.8) is 0 Å². The van der Waals surface area contributed by atoms with Crippen molar-refractivity contribution >= 4 is 17.3 Å². The predicted octanol–water partition coefficient (Wildman–Crippen LogP) is -0.833. The summed E-state index contributed by atoms with van der Waals surface area (Å²) in [5.41, 5.74) is 10.5. The number of nitrogens with one attached hydrogen (secondary N) is 1. The van der Waals surface area contributed by atoms with E-state index in [1.165, 1.54) is 0 Å². The zero-order valence-corrected chi connectivity index (χ0v) is 5.66. The summed E-state index contributed by atoms with van der Waals surface area (Å²) in [7, 11) is 0. The molecule has 5 N–H and O–H groups in total. The Kier molecular flexibility index (Phi) is 3.47. The Morgan fingerprint density at radius 2 is 2.38 bits per heavy atom. The van der Waals surface area contributed by atoms with Gasteiger partial charge in [-0.25, -0.2) is 0 Å². The maximum atomic E-state index is 5.36. The first-order valence-electron chi connectivity index (χ1n) is 2.42. The van der Waals surface area contributed by atoms with Crippen molar-refractivity contribution in [3.8, 4) is 0 Å². The monoisotopic (exact) mass is 133 g/mol. The standard InChI is InChI=1S/C4H11N3S/c1-3(5)2-7-4(6)8/h3H,2,5H2,1H3,(H3,6,7,8). The van der Waals surface area contributed by atoms with E-state index < -0.39 is 0 Å². The van der Waals surface area contributed by atoms with Gasteiger partial charge >= 0.3 is 0 Å². The Morgan fingerprint density at radius 1 is 1.88 bits per heavy atom. The van der Waals surface area contributed by atoms with E-state index >= 15 is 0 Å². The van der Waals surface area contributed by atoms with Gasteiger partial charge in [-0.1, -0.05) is 0 Å². The Balaban J connectivity index is 3.05. The van der Waals surface area contributed by atoms with E-state index in [9.17, 15) is 0 Å². The van der Waals surface area contributed by atoms with Crippen molar-refractivity contribution in [3.05, 3.63) is 0 Å². The van der Waals surface area contributed by atoms with Gasteiger partial charge in [0.15, 0.2) is 5.11 Å². The lowest BCUT2D eigenvalue weighted by Gasteiger charge is -2.04. The number of nitrogens with two attached hydrogens (primary N) is 2. The summed E-state index contributed by atoms with van der Waals surface area (Å²) in [6.07, 6.45) is 0. The van der Waals surface area contributed by atoms with E-state index in [1.807, 2.05) is 6.92 Å².